The number of alkyl carbamates (subject to hydrolysis) is 1. The summed E-state index contributed by atoms with van der Waals surface area (Å²) in [5, 5.41) is 2.87. The van der Waals surface area contributed by atoms with E-state index in [0.29, 0.717) is 0 Å². The average Bonchev–Trinajstić information content (AvgIpc) is 2.48. The number of nitrogens with one attached hydrogen (secondary N) is 1. The van der Waals surface area contributed by atoms with E-state index in [-0.39, 0.29) is 18.2 Å². The molecule has 1 heterocycles. The van der Waals surface area contributed by atoms with E-state index in [1.807, 2.05) is 60.7 Å². The molecule has 1 amide bonds. The van der Waals surface area contributed by atoms with Gasteiger partial charge in [0.15, 0.2) is 0 Å². The number of cyclic esters (lactones) is 1. The lowest BCUT2D eigenvalue weighted by atomic mass is 9.95. The molecule has 2 aromatic rings. The quantitative estimate of drug-likeness (QED) is 0.888. The van der Waals surface area contributed by atoms with Crippen LogP contribution in [0.15, 0.2) is 60.7 Å². The van der Waals surface area contributed by atoms with E-state index in [9.17, 15) is 4.79 Å². The number of amides is 1. The second-order valence-electron chi connectivity index (χ2n) is 4.65. The summed E-state index contributed by atoms with van der Waals surface area (Å²) in [5.74, 6) is 0. The van der Waals surface area contributed by atoms with Crippen molar-refractivity contribution in [2.45, 2.75) is 18.6 Å². The summed E-state index contributed by atoms with van der Waals surface area (Å²) in [7, 11) is 0. The first kappa shape index (κ1) is 11.8. The fourth-order valence-corrected chi connectivity index (χ4v) is 2.40. The minimum atomic E-state index is -0.353. The lowest BCUT2D eigenvalue weighted by Crippen LogP contribution is -2.36. The third kappa shape index (κ3) is 2.60. The third-order valence-corrected chi connectivity index (χ3v) is 3.36. The molecular weight excluding hydrogens is 238 g/mol. The molecule has 96 valence electrons. The van der Waals surface area contributed by atoms with E-state index in [4.69, 9.17) is 4.74 Å². The number of hydrogen-bond donors (Lipinski definition) is 1. The van der Waals surface area contributed by atoms with Crippen molar-refractivity contribution in [3.05, 3.63) is 71.8 Å². The average molecular weight is 253 g/mol. The monoisotopic (exact) mass is 253 g/mol. The maximum absolute atomic E-state index is 11.7. The van der Waals surface area contributed by atoms with Crippen molar-refractivity contribution in [3.8, 4) is 0 Å². The van der Waals surface area contributed by atoms with E-state index < -0.39 is 0 Å². The molecule has 3 heteroatoms. The van der Waals surface area contributed by atoms with Gasteiger partial charge in [0.25, 0.3) is 0 Å². The van der Waals surface area contributed by atoms with Crippen molar-refractivity contribution < 1.29 is 9.53 Å². The van der Waals surface area contributed by atoms with Crippen molar-refractivity contribution in [2.24, 2.45) is 0 Å². The maximum Gasteiger partial charge on any atom is 0.408 e. The van der Waals surface area contributed by atoms with Crippen molar-refractivity contribution in [1.82, 2.24) is 5.32 Å². The largest absolute Gasteiger partial charge is 0.441 e. The fourth-order valence-electron chi connectivity index (χ4n) is 2.40. The Labute approximate surface area is 112 Å². The summed E-state index contributed by atoms with van der Waals surface area (Å²) in [5.41, 5.74) is 2.15. The first-order valence-corrected chi connectivity index (χ1v) is 6.40. The molecule has 1 fully saturated rings. The molecule has 1 N–H and O–H groups in total. The lowest BCUT2D eigenvalue weighted by Gasteiger charge is -2.30. The number of benzene rings is 2. The Morgan fingerprint density at radius 1 is 0.895 bits per heavy atom. The summed E-state index contributed by atoms with van der Waals surface area (Å²) in [6.45, 7) is 0. The van der Waals surface area contributed by atoms with Crippen LogP contribution < -0.4 is 5.32 Å². The summed E-state index contributed by atoms with van der Waals surface area (Å²) in [6.07, 6.45) is 0.217. The van der Waals surface area contributed by atoms with E-state index in [0.717, 1.165) is 17.5 Å². The number of carbonyl (C=O) groups excluding carboxylic acids is 1. The van der Waals surface area contributed by atoms with E-state index in [1.54, 1.807) is 0 Å². The predicted molar refractivity (Wildman–Crippen MR) is 72.6 cm³/mol. The van der Waals surface area contributed by atoms with E-state index >= 15 is 0 Å². The highest BCUT2D eigenvalue weighted by Gasteiger charge is 2.29. The second-order valence-corrected chi connectivity index (χ2v) is 4.65. The SMILES string of the molecule is O=C1N[C@@H](c2ccccc2)C[C@@H](c2ccccc2)O1. The van der Waals surface area contributed by atoms with Gasteiger partial charge in [-0.2, -0.15) is 0 Å². The van der Waals surface area contributed by atoms with Crippen molar-refractivity contribution in [1.29, 1.82) is 0 Å². The van der Waals surface area contributed by atoms with Crippen LogP contribution in [0.5, 0.6) is 0 Å². The van der Waals surface area contributed by atoms with Crippen LogP contribution in [0.2, 0.25) is 0 Å². The summed E-state index contributed by atoms with van der Waals surface area (Å²) < 4.78 is 5.37. The molecule has 3 nitrogen and oxygen atoms in total. The zero-order valence-corrected chi connectivity index (χ0v) is 10.5. The van der Waals surface area contributed by atoms with Crippen molar-refractivity contribution in [3.63, 3.8) is 0 Å². The molecule has 3 rings (SSSR count). The van der Waals surface area contributed by atoms with Gasteiger partial charge in [0.2, 0.25) is 0 Å². The van der Waals surface area contributed by atoms with Crippen LogP contribution in [0.1, 0.15) is 29.7 Å². The van der Waals surface area contributed by atoms with Crippen LogP contribution in [-0.4, -0.2) is 6.09 Å². The molecule has 2 aromatic carbocycles. The topological polar surface area (TPSA) is 38.3 Å². The minimum Gasteiger partial charge on any atom is -0.441 e. The Bertz CT molecular complexity index is 504. The Hall–Kier alpha value is -2.29. The third-order valence-electron chi connectivity index (χ3n) is 3.36. The van der Waals surface area contributed by atoms with E-state index in [2.05, 4.69) is 5.32 Å². The first-order chi connectivity index (χ1) is 9.33. The van der Waals surface area contributed by atoms with Crippen LogP contribution >= 0.6 is 0 Å². The van der Waals surface area contributed by atoms with Gasteiger partial charge < -0.3 is 10.1 Å². The molecule has 1 saturated heterocycles. The molecule has 1 aliphatic rings. The molecule has 0 saturated carbocycles. The zero-order chi connectivity index (χ0) is 13.1. The van der Waals surface area contributed by atoms with E-state index in [1.165, 1.54) is 0 Å². The summed E-state index contributed by atoms with van der Waals surface area (Å²) in [4.78, 5) is 11.7. The van der Waals surface area contributed by atoms with Crippen LogP contribution in [0, 0.1) is 0 Å². The number of hydrogen-bond acceptors (Lipinski definition) is 2. The highest BCUT2D eigenvalue weighted by molar-refractivity contribution is 5.69. The number of rotatable bonds is 2. The smallest absolute Gasteiger partial charge is 0.408 e. The lowest BCUT2D eigenvalue weighted by molar-refractivity contribution is 0.0581. The number of carbonyl (C=O) groups is 1. The van der Waals surface area contributed by atoms with Gasteiger partial charge in [-0.05, 0) is 11.1 Å². The molecule has 0 unspecified atom stereocenters. The van der Waals surface area contributed by atoms with Crippen molar-refractivity contribution in [2.75, 3.05) is 0 Å². The van der Waals surface area contributed by atoms with Crippen molar-refractivity contribution >= 4 is 6.09 Å². The van der Waals surface area contributed by atoms with Gasteiger partial charge in [-0.15, -0.1) is 0 Å². The standard InChI is InChI=1S/C16H15NO2/c18-16-17-14(12-7-3-1-4-8-12)11-15(19-16)13-9-5-2-6-10-13/h1-10,14-15H,11H2,(H,17,18)/t14-,15+/m1/s1. The van der Waals surface area contributed by atoms with Crippen LogP contribution in [0.25, 0.3) is 0 Å². The number of ether oxygens (including phenoxy) is 1. The fraction of sp³-hybridized carbons (Fsp3) is 0.188. The van der Waals surface area contributed by atoms with Gasteiger partial charge >= 0.3 is 6.09 Å². The Balaban J connectivity index is 1.84. The van der Waals surface area contributed by atoms with Crippen LogP contribution in [0.4, 0.5) is 4.79 Å². The van der Waals surface area contributed by atoms with Gasteiger partial charge in [0.1, 0.15) is 6.10 Å². The Morgan fingerprint density at radius 3 is 2.11 bits per heavy atom. The van der Waals surface area contributed by atoms with Gasteiger partial charge in [0.05, 0.1) is 6.04 Å². The van der Waals surface area contributed by atoms with Crippen LogP contribution in [0.3, 0.4) is 0 Å². The first-order valence-electron chi connectivity index (χ1n) is 6.40. The van der Waals surface area contributed by atoms with Gasteiger partial charge in [0, 0.05) is 6.42 Å². The highest BCUT2D eigenvalue weighted by atomic mass is 16.6. The summed E-state index contributed by atoms with van der Waals surface area (Å²) >= 11 is 0. The van der Waals surface area contributed by atoms with Gasteiger partial charge in [-0.25, -0.2) is 4.79 Å². The Morgan fingerprint density at radius 2 is 1.47 bits per heavy atom. The molecule has 19 heavy (non-hydrogen) atoms. The molecule has 0 bridgehead atoms. The molecular formula is C16H15NO2. The molecule has 0 spiro atoms. The molecule has 0 aliphatic carbocycles. The Kier molecular flexibility index (Phi) is 3.19. The van der Waals surface area contributed by atoms with Gasteiger partial charge in [-0.1, -0.05) is 60.7 Å². The maximum atomic E-state index is 11.7. The highest BCUT2D eigenvalue weighted by Crippen LogP contribution is 2.32. The minimum absolute atomic E-state index is 0.00709. The normalized spacial score (nSPS) is 22.4. The molecule has 0 aromatic heterocycles. The molecule has 0 radical (unpaired) electrons. The predicted octanol–water partition coefficient (Wildman–Crippen LogP) is 3.60. The molecule has 2 atom stereocenters. The molecule has 1 aliphatic heterocycles. The second kappa shape index (κ2) is 5.14. The van der Waals surface area contributed by atoms with Crippen LogP contribution in [-0.2, 0) is 4.74 Å². The summed E-state index contributed by atoms with van der Waals surface area (Å²) in [6, 6.07) is 19.9. The van der Waals surface area contributed by atoms with Gasteiger partial charge in [-0.3, -0.25) is 0 Å². The zero-order valence-electron chi connectivity index (χ0n) is 10.5.